The Hall–Kier alpha value is -3.07. The topological polar surface area (TPSA) is 106 Å². The first-order valence-electron chi connectivity index (χ1n) is 9.55. The second-order valence-electron chi connectivity index (χ2n) is 6.82. The van der Waals surface area contributed by atoms with Gasteiger partial charge in [-0.15, -0.1) is 0 Å². The van der Waals surface area contributed by atoms with Gasteiger partial charge in [0, 0.05) is 37.9 Å². The number of methoxy groups -OCH3 is 1. The number of amides is 3. The van der Waals surface area contributed by atoms with Crippen LogP contribution in [-0.2, 0) is 4.74 Å². The highest BCUT2D eigenvalue weighted by Gasteiger charge is 2.25. The van der Waals surface area contributed by atoms with Crippen LogP contribution in [-0.4, -0.2) is 61.3 Å². The van der Waals surface area contributed by atoms with E-state index in [4.69, 9.17) is 13.9 Å². The summed E-state index contributed by atoms with van der Waals surface area (Å²) in [5.74, 6) is 0.602. The summed E-state index contributed by atoms with van der Waals surface area (Å²) in [6, 6.07) is 5.03. The molecule has 1 saturated heterocycles. The van der Waals surface area contributed by atoms with E-state index in [0.717, 1.165) is 5.56 Å². The Bertz CT molecular complexity index is 813. The van der Waals surface area contributed by atoms with E-state index in [0.29, 0.717) is 56.5 Å². The Balaban J connectivity index is 1.43. The minimum atomic E-state index is -0.214. The fraction of sp³-hybridized carbons (Fsp3) is 0.450. The molecule has 9 heteroatoms. The number of furan rings is 1. The van der Waals surface area contributed by atoms with Gasteiger partial charge in [-0.25, -0.2) is 9.78 Å². The van der Waals surface area contributed by atoms with E-state index in [1.54, 1.807) is 36.4 Å². The van der Waals surface area contributed by atoms with E-state index in [2.05, 4.69) is 15.6 Å². The smallest absolute Gasteiger partial charge is 0.321 e. The zero-order valence-electron chi connectivity index (χ0n) is 16.6. The molecule has 2 aromatic heterocycles. The van der Waals surface area contributed by atoms with Crippen molar-refractivity contribution in [3.63, 3.8) is 0 Å². The zero-order chi connectivity index (χ0) is 20.6. The number of likely N-dealkylation sites (tertiary alicyclic amines) is 1. The third-order valence-corrected chi connectivity index (χ3v) is 4.71. The fourth-order valence-corrected chi connectivity index (χ4v) is 3.05. The molecule has 0 unspecified atom stereocenters. The molecule has 0 aromatic carbocycles. The summed E-state index contributed by atoms with van der Waals surface area (Å²) < 4.78 is 15.5. The van der Waals surface area contributed by atoms with E-state index in [1.807, 2.05) is 6.92 Å². The third-order valence-electron chi connectivity index (χ3n) is 4.71. The summed E-state index contributed by atoms with van der Waals surface area (Å²) in [7, 11) is 1.60. The molecule has 0 aliphatic carbocycles. The number of pyridine rings is 1. The van der Waals surface area contributed by atoms with Gasteiger partial charge in [0.2, 0.25) is 5.88 Å². The van der Waals surface area contributed by atoms with Crippen molar-refractivity contribution in [2.75, 3.05) is 38.7 Å². The van der Waals surface area contributed by atoms with Crippen LogP contribution in [0.25, 0.3) is 0 Å². The second-order valence-corrected chi connectivity index (χ2v) is 6.82. The second kappa shape index (κ2) is 9.92. The maximum absolute atomic E-state index is 12.5. The molecule has 1 aliphatic rings. The Kier molecular flexibility index (Phi) is 7.07. The van der Waals surface area contributed by atoms with Crippen LogP contribution in [0.4, 0.5) is 10.5 Å². The van der Waals surface area contributed by atoms with Crippen LogP contribution >= 0.6 is 0 Å². The predicted molar refractivity (Wildman–Crippen MR) is 106 cm³/mol. The molecule has 0 saturated carbocycles. The van der Waals surface area contributed by atoms with Crippen molar-refractivity contribution < 1.29 is 23.5 Å². The summed E-state index contributed by atoms with van der Waals surface area (Å²) in [4.78, 5) is 30.6. The lowest BCUT2D eigenvalue weighted by atomic mass is 10.1. The molecule has 3 heterocycles. The number of nitrogens with zero attached hydrogens (tertiary/aromatic N) is 2. The number of hydrogen-bond donors (Lipinski definition) is 2. The van der Waals surface area contributed by atoms with Crippen molar-refractivity contribution in [3.05, 3.63) is 42.0 Å². The summed E-state index contributed by atoms with van der Waals surface area (Å²) >= 11 is 0. The normalized spacial score (nSPS) is 14.5. The molecule has 0 spiro atoms. The van der Waals surface area contributed by atoms with Crippen LogP contribution < -0.4 is 15.4 Å². The predicted octanol–water partition coefficient (Wildman–Crippen LogP) is 2.43. The number of carbonyl (C=O) groups excluding carboxylic acids is 2. The number of nitrogens with one attached hydrogen (secondary N) is 2. The highest BCUT2D eigenvalue weighted by Crippen LogP contribution is 2.16. The summed E-state index contributed by atoms with van der Waals surface area (Å²) in [6.45, 7) is 3.84. The van der Waals surface area contributed by atoms with Crippen LogP contribution in [0.3, 0.4) is 0 Å². The summed E-state index contributed by atoms with van der Waals surface area (Å²) in [6.07, 6.45) is 4.43. The van der Waals surface area contributed by atoms with E-state index >= 15 is 0 Å². The molecule has 0 atom stereocenters. The van der Waals surface area contributed by atoms with Crippen molar-refractivity contribution in [1.82, 2.24) is 15.2 Å². The number of urea groups is 1. The molecule has 1 aliphatic heterocycles. The molecule has 2 N–H and O–H groups in total. The lowest BCUT2D eigenvalue weighted by molar-refractivity contribution is 0.0890. The lowest BCUT2D eigenvalue weighted by Gasteiger charge is -2.32. The molecule has 3 amide bonds. The fourth-order valence-electron chi connectivity index (χ4n) is 3.05. The molecule has 156 valence electrons. The van der Waals surface area contributed by atoms with Gasteiger partial charge >= 0.3 is 6.03 Å². The molecule has 0 radical (unpaired) electrons. The molecule has 2 aromatic rings. The lowest BCUT2D eigenvalue weighted by Crippen LogP contribution is -2.47. The number of anilines is 1. The van der Waals surface area contributed by atoms with Crippen molar-refractivity contribution in [2.45, 2.75) is 25.8 Å². The Morgan fingerprint density at radius 3 is 2.66 bits per heavy atom. The Labute approximate surface area is 169 Å². The van der Waals surface area contributed by atoms with Gasteiger partial charge in [-0.1, -0.05) is 0 Å². The maximum Gasteiger partial charge on any atom is 0.321 e. The van der Waals surface area contributed by atoms with Crippen LogP contribution in [0.5, 0.6) is 5.88 Å². The van der Waals surface area contributed by atoms with Gasteiger partial charge in [0.15, 0.2) is 5.76 Å². The molecule has 29 heavy (non-hydrogen) atoms. The first kappa shape index (κ1) is 20.7. The van der Waals surface area contributed by atoms with Gasteiger partial charge in [0.1, 0.15) is 6.61 Å². The number of piperidine rings is 1. The first-order chi connectivity index (χ1) is 14.1. The average Bonchev–Trinajstić information content (AvgIpc) is 3.16. The maximum atomic E-state index is 12.5. The van der Waals surface area contributed by atoms with Crippen molar-refractivity contribution in [1.29, 1.82) is 0 Å². The van der Waals surface area contributed by atoms with Gasteiger partial charge < -0.3 is 29.4 Å². The number of rotatable bonds is 7. The van der Waals surface area contributed by atoms with Crippen LogP contribution in [0, 0.1) is 6.92 Å². The molecule has 0 bridgehead atoms. The number of hydrogen-bond acceptors (Lipinski definition) is 6. The quantitative estimate of drug-likeness (QED) is 0.689. The number of aromatic nitrogens is 1. The molecular formula is C20H26N4O5. The van der Waals surface area contributed by atoms with E-state index < -0.39 is 0 Å². The molecule has 9 nitrogen and oxygen atoms in total. The van der Waals surface area contributed by atoms with Gasteiger partial charge in [0.05, 0.1) is 24.8 Å². The SMILES string of the molecule is COCCOc1ccc(NC(=O)N2CCC(NC(=O)c3occc3C)CC2)cn1. The third kappa shape index (κ3) is 5.71. The molecule has 3 rings (SSSR count). The van der Waals surface area contributed by atoms with Crippen molar-refractivity contribution in [3.8, 4) is 5.88 Å². The standard InChI is InChI=1S/C20H26N4O5/c1-14-7-10-29-18(14)19(25)22-15-5-8-24(9-6-15)20(26)23-16-3-4-17(21-13-16)28-12-11-27-2/h3-4,7,10,13,15H,5-6,8-9,11-12H2,1-2H3,(H,22,25)(H,23,26). The van der Waals surface area contributed by atoms with E-state index in [-0.39, 0.29) is 18.0 Å². The van der Waals surface area contributed by atoms with Gasteiger partial charge in [-0.2, -0.15) is 0 Å². The molecular weight excluding hydrogens is 376 g/mol. The van der Waals surface area contributed by atoms with Crippen molar-refractivity contribution >= 4 is 17.6 Å². The number of ether oxygens (including phenoxy) is 2. The Morgan fingerprint density at radius 2 is 2.03 bits per heavy atom. The van der Waals surface area contributed by atoms with Gasteiger partial charge in [-0.3, -0.25) is 4.79 Å². The van der Waals surface area contributed by atoms with E-state index in [9.17, 15) is 9.59 Å². The molecule has 1 fully saturated rings. The van der Waals surface area contributed by atoms with Gasteiger partial charge in [-0.05, 0) is 31.9 Å². The minimum absolute atomic E-state index is 0.0150. The first-order valence-corrected chi connectivity index (χ1v) is 9.55. The summed E-state index contributed by atoms with van der Waals surface area (Å²) in [5, 5.41) is 5.81. The van der Waals surface area contributed by atoms with Crippen molar-refractivity contribution in [2.24, 2.45) is 0 Å². The number of aryl methyl sites for hydroxylation is 1. The monoisotopic (exact) mass is 402 g/mol. The number of carbonyl (C=O) groups is 2. The van der Waals surface area contributed by atoms with Crippen LogP contribution in [0.15, 0.2) is 35.1 Å². The summed E-state index contributed by atoms with van der Waals surface area (Å²) in [5.41, 5.74) is 1.40. The highest BCUT2D eigenvalue weighted by atomic mass is 16.5. The highest BCUT2D eigenvalue weighted by molar-refractivity contribution is 5.93. The minimum Gasteiger partial charge on any atom is -0.475 e. The van der Waals surface area contributed by atoms with E-state index in [1.165, 1.54) is 6.26 Å². The van der Waals surface area contributed by atoms with Gasteiger partial charge in [0.25, 0.3) is 5.91 Å². The zero-order valence-corrected chi connectivity index (χ0v) is 16.6. The van der Waals surface area contributed by atoms with Crippen LogP contribution in [0.2, 0.25) is 0 Å². The largest absolute Gasteiger partial charge is 0.475 e. The average molecular weight is 402 g/mol. The van der Waals surface area contributed by atoms with Crippen LogP contribution in [0.1, 0.15) is 29.0 Å². The Morgan fingerprint density at radius 1 is 1.24 bits per heavy atom.